The third-order valence-electron chi connectivity index (χ3n) is 3.51. The Morgan fingerprint density at radius 2 is 1.86 bits per heavy atom. The zero-order chi connectivity index (χ0) is 16.3. The lowest BCUT2D eigenvalue weighted by atomic mass is 9.98. The van der Waals surface area contributed by atoms with E-state index in [0.717, 1.165) is 4.31 Å². The van der Waals surface area contributed by atoms with Crippen molar-refractivity contribution >= 4 is 21.4 Å². The van der Waals surface area contributed by atoms with Crippen LogP contribution in [0, 0.1) is 0 Å². The Morgan fingerprint density at radius 1 is 1.29 bits per heavy atom. The highest BCUT2D eigenvalue weighted by Gasteiger charge is 2.29. The van der Waals surface area contributed by atoms with Crippen molar-refractivity contribution in [2.75, 3.05) is 38.4 Å². The van der Waals surface area contributed by atoms with Gasteiger partial charge in [-0.3, -0.25) is 0 Å². The maximum absolute atomic E-state index is 12.2. The fraction of sp³-hybridized carbons (Fsp3) is 0.538. The first-order chi connectivity index (χ1) is 9.74. The molecule has 0 radical (unpaired) electrons. The summed E-state index contributed by atoms with van der Waals surface area (Å²) in [6.45, 7) is 1.20. The molecule has 0 unspecified atom stereocenters. The highest BCUT2D eigenvalue weighted by Crippen LogP contribution is 2.30. The fourth-order valence-electron chi connectivity index (χ4n) is 1.80. The number of nitrogen functional groups attached to an aromatic ring is 1. The summed E-state index contributed by atoms with van der Waals surface area (Å²) in [6, 6.07) is 4.59. The summed E-state index contributed by atoms with van der Waals surface area (Å²) in [5.41, 5.74) is 5.42. The Bertz CT molecular complexity index is 575. The van der Waals surface area contributed by atoms with E-state index in [1.54, 1.807) is 19.1 Å². The van der Waals surface area contributed by atoms with Crippen LogP contribution in [0.15, 0.2) is 23.1 Å². The third kappa shape index (κ3) is 3.46. The minimum absolute atomic E-state index is 0.0154. The number of sulfonamides is 1. The molecule has 0 aliphatic rings. The van der Waals surface area contributed by atoms with Gasteiger partial charge in [0, 0.05) is 14.1 Å². The molecule has 0 aromatic heterocycles. The van der Waals surface area contributed by atoms with Crippen LogP contribution in [-0.2, 0) is 10.0 Å². The van der Waals surface area contributed by atoms with E-state index >= 15 is 0 Å². The summed E-state index contributed by atoms with van der Waals surface area (Å²) in [4.78, 5) is -0.0154. The molecule has 0 saturated carbocycles. The van der Waals surface area contributed by atoms with Gasteiger partial charge in [0.1, 0.15) is 4.90 Å². The van der Waals surface area contributed by atoms with Crippen molar-refractivity contribution in [3.05, 3.63) is 18.2 Å². The Hall–Kier alpha value is -1.35. The largest absolute Gasteiger partial charge is 0.396 e. The second kappa shape index (κ2) is 6.61. The van der Waals surface area contributed by atoms with E-state index in [4.69, 9.17) is 5.73 Å². The predicted octanol–water partition coefficient (Wildman–Crippen LogP) is 0.0644. The summed E-state index contributed by atoms with van der Waals surface area (Å²) in [5.74, 6) is 0. The number of para-hydroxylation sites is 1. The van der Waals surface area contributed by atoms with Crippen molar-refractivity contribution in [2.45, 2.75) is 23.8 Å². The van der Waals surface area contributed by atoms with Gasteiger partial charge in [-0.2, -0.15) is 0 Å². The second-order valence-electron chi connectivity index (χ2n) is 5.08. The lowest BCUT2D eigenvalue weighted by molar-refractivity contribution is 0.132. The molecule has 8 heteroatoms. The molecule has 1 aromatic carbocycles. The van der Waals surface area contributed by atoms with Crippen LogP contribution in [0.5, 0.6) is 0 Å². The van der Waals surface area contributed by atoms with Gasteiger partial charge >= 0.3 is 0 Å². The topological polar surface area (TPSA) is 116 Å². The summed E-state index contributed by atoms with van der Waals surface area (Å²) >= 11 is 0. The molecule has 0 aliphatic heterocycles. The van der Waals surface area contributed by atoms with E-state index in [2.05, 4.69) is 5.32 Å². The van der Waals surface area contributed by atoms with Crippen LogP contribution in [0.1, 0.15) is 13.3 Å². The predicted molar refractivity (Wildman–Crippen MR) is 82.5 cm³/mol. The molecule has 0 aliphatic carbocycles. The molecule has 0 bridgehead atoms. The van der Waals surface area contributed by atoms with E-state index in [1.165, 1.54) is 20.2 Å². The highest BCUT2D eigenvalue weighted by atomic mass is 32.2. The van der Waals surface area contributed by atoms with Crippen LogP contribution >= 0.6 is 0 Å². The van der Waals surface area contributed by atoms with Crippen LogP contribution in [0.4, 0.5) is 11.4 Å². The van der Waals surface area contributed by atoms with E-state index in [-0.39, 0.29) is 23.8 Å². The first-order valence-corrected chi connectivity index (χ1v) is 7.99. The number of nitrogens with two attached hydrogens (primary N) is 1. The van der Waals surface area contributed by atoms with Gasteiger partial charge in [0.25, 0.3) is 0 Å². The smallest absolute Gasteiger partial charge is 0.244 e. The number of aliphatic hydroxyl groups excluding tert-OH is 2. The van der Waals surface area contributed by atoms with Gasteiger partial charge in [0.15, 0.2) is 0 Å². The summed E-state index contributed by atoms with van der Waals surface area (Å²) in [6.07, 6.45) is 0.449. The average Bonchev–Trinajstić information content (AvgIpc) is 2.46. The number of nitrogens with one attached hydrogen (secondary N) is 1. The maximum atomic E-state index is 12.2. The number of hydrogen-bond acceptors (Lipinski definition) is 6. The molecule has 7 nitrogen and oxygen atoms in total. The molecule has 5 N–H and O–H groups in total. The van der Waals surface area contributed by atoms with Gasteiger partial charge in [-0.05, 0) is 18.6 Å². The number of hydrogen-bond donors (Lipinski definition) is 4. The van der Waals surface area contributed by atoms with Crippen molar-refractivity contribution in [3.8, 4) is 0 Å². The standard InChI is InChI=1S/C13H23N3O4S/c1-4-13(8-17,9-18)15-10-6-5-7-11(12(10)14)21(19,20)16(2)3/h5-7,15,17-18H,4,8-9,14H2,1-3H3. The number of benzene rings is 1. The van der Waals surface area contributed by atoms with E-state index in [9.17, 15) is 18.6 Å². The summed E-state index contributed by atoms with van der Waals surface area (Å²) in [7, 11) is -0.816. The van der Waals surface area contributed by atoms with Crippen LogP contribution in [0.2, 0.25) is 0 Å². The monoisotopic (exact) mass is 317 g/mol. The van der Waals surface area contributed by atoms with Gasteiger partial charge in [0.05, 0.1) is 30.1 Å². The number of aliphatic hydroxyl groups is 2. The van der Waals surface area contributed by atoms with Crippen LogP contribution in [0.3, 0.4) is 0 Å². The zero-order valence-corrected chi connectivity index (χ0v) is 13.3. The molecule has 0 atom stereocenters. The molecule has 1 rings (SSSR count). The minimum Gasteiger partial charge on any atom is -0.396 e. The first kappa shape index (κ1) is 17.7. The molecule has 21 heavy (non-hydrogen) atoms. The van der Waals surface area contributed by atoms with Crippen LogP contribution in [-0.4, -0.2) is 55.8 Å². The average molecular weight is 317 g/mol. The normalized spacial score (nSPS) is 12.7. The molecule has 0 heterocycles. The molecule has 0 amide bonds. The fourth-order valence-corrected chi connectivity index (χ4v) is 2.83. The van der Waals surface area contributed by atoms with E-state index in [0.29, 0.717) is 12.1 Å². The minimum atomic E-state index is -3.66. The number of rotatable bonds is 7. The summed E-state index contributed by atoms with van der Waals surface area (Å²) < 4.78 is 25.5. The van der Waals surface area contributed by atoms with Crippen molar-refractivity contribution in [3.63, 3.8) is 0 Å². The SMILES string of the molecule is CCC(CO)(CO)Nc1cccc(S(=O)(=O)N(C)C)c1N. The molecular weight excluding hydrogens is 294 g/mol. The maximum Gasteiger partial charge on any atom is 0.244 e. The number of anilines is 2. The molecular formula is C13H23N3O4S. The summed E-state index contributed by atoms with van der Waals surface area (Å²) in [5, 5.41) is 21.9. The molecule has 0 saturated heterocycles. The third-order valence-corrected chi connectivity index (χ3v) is 5.38. The molecule has 120 valence electrons. The van der Waals surface area contributed by atoms with Crippen molar-refractivity contribution in [2.24, 2.45) is 0 Å². The quantitative estimate of drug-likeness (QED) is 0.529. The first-order valence-electron chi connectivity index (χ1n) is 6.55. The van der Waals surface area contributed by atoms with Gasteiger partial charge in [-0.1, -0.05) is 13.0 Å². The Kier molecular flexibility index (Phi) is 5.57. The second-order valence-corrected chi connectivity index (χ2v) is 7.20. The Labute approximate surface area is 125 Å². The zero-order valence-electron chi connectivity index (χ0n) is 12.5. The Balaban J connectivity index is 3.30. The van der Waals surface area contributed by atoms with E-state index in [1.807, 2.05) is 0 Å². The van der Waals surface area contributed by atoms with Crippen LogP contribution < -0.4 is 11.1 Å². The highest BCUT2D eigenvalue weighted by molar-refractivity contribution is 7.89. The van der Waals surface area contributed by atoms with Gasteiger partial charge < -0.3 is 21.3 Å². The lowest BCUT2D eigenvalue weighted by Gasteiger charge is -2.31. The van der Waals surface area contributed by atoms with Crippen LogP contribution in [0.25, 0.3) is 0 Å². The van der Waals surface area contributed by atoms with Gasteiger partial charge in [-0.15, -0.1) is 0 Å². The molecule has 1 aromatic rings. The van der Waals surface area contributed by atoms with Crippen molar-refractivity contribution < 1.29 is 18.6 Å². The van der Waals surface area contributed by atoms with Crippen molar-refractivity contribution in [1.29, 1.82) is 0 Å². The van der Waals surface area contributed by atoms with Crippen molar-refractivity contribution in [1.82, 2.24) is 4.31 Å². The van der Waals surface area contributed by atoms with E-state index < -0.39 is 15.6 Å². The lowest BCUT2D eigenvalue weighted by Crippen LogP contribution is -2.45. The number of nitrogens with zero attached hydrogens (tertiary/aromatic N) is 1. The van der Waals surface area contributed by atoms with Gasteiger partial charge in [0.2, 0.25) is 10.0 Å². The molecule has 0 spiro atoms. The van der Waals surface area contributed by atoms with Gasteiger partial charge in [-0.25, -0.2) is 12.7 Å². The molecule has 0 fully saturated rings. The Morgan fingerprint density at radius 3 is 2.29 bits per heavy atom.